The number of methoxy groups -OCH3 is 2. The van der Waals surface area contributed by atoms with Crippen LogP contribution in [0, 0.1) is 12.8 Å². The number of alkyl halides is 3. The lowest BCUT2D eigenvalue weighted by Crippen LogP contribution is -2.49. The van der Waals surface area contributed by atoms with Crippen LogP contribution in [-0.4, -0.2) is 62.6 Å². The molecule has 10 heteroatoms. The number of hydrogen-bond acceptors (Lipinski definition) is 5. The third kappa shape index (κ3) is 8.47. The number of ether oxygens (including phenoxy) is 3. The average molecular weight is 640 g/mol. The fourth-order valence-electron chi connectivity index (χ4n) is 6.22. The number of amides is 2. The lowest BCUT2D eigenvalue weighted by Gasteiger charge is -2.41. The Morgan fingerprint density at radius 2 is 1.70 bits per heavy atom. The van der Waals surface area contributed by atoms with Gasteiger partial charge in [-0.25, -0.2) is 4.79 Å². The summed E-state index contributed by atoms with van der Waals surface area (Å²) in [5.41, 5.74) is 6.52. The Labute approximate surface area is 269 Å². The molecule has 46 heavy (non-hydrogen) atoms. The summed E-state index contributed by atoms with van der Waals surface area (Å²) < 4.78 is 49.7. The van der Waals surface area contributed by atoms with E-state index in [9.17, 15) is 18.0 Å². The van der Waals surface area contributed by atoms with Gasteiger partial charge in [-0.1, -0.05) is 36.9 Å². The van der Waals surface area contributed by atoms with Gasteiger partial charge in [-0.3, -0.25) is 0 Å². The summed E-state index contributed by atoms with van der Waals surface area (Å²) in [7, 11) is 3.34. The standard InChI is InChI=1S/C28H37N3O3.C8H7F3O/c1-6-29-25-10-8-7-9-24(25)19(2)21-11-14-30(15-12-21)28(32)31-16-13-22-17-23(33-4)18-26(34-5)27(22)20(31)3;1-6-3-2-4-7(5-6)12-8(9,10)11/h7-10,17-18,20-21,29H,2,6,11-16H2,1,3-5H3;2-5H,1H3. The van der Waals surface area contributed by atoms with Crippen molar-refractivity contribution < 1.29 is 32.2 Å². The molecule has 3 aromatic carbocycles. The number of halogens is 3. The van der Waals surface area contributed by atoms with E-state index in [1.165, 1.54) is 34.9 Å². The molecule has 0 bridgehead atoms. The first-order valence-corrected chi connectivity index (χ1v) is 15.6. The molecule has 0 radical (unpaired) electrons. The van der Waals surface area contributed by atoms with Gasteiger partial charge in [0.15, 0.2) is 0 Å². The Kier molecular flexibility index (Phi) is 11.5. The number of urea groups is 1. The van der Waals surface area contributed by atoms with Crippen molar-refractivity contribution in [3.63, 3.8) is 0 Å². The predicted octanol–water partition coefficient (Wildman–Crippen LogP) is 8.49. The van der Waals surface area contributed by atoms with Gasteiger partial charge in [-0.2, -0.15) is 0 Å². The van der Waals surface area contributed by atoms with E-state index >= 15 is 0 Å². The number of piperidine rings is 1. The predicted molar refractivity (Wildman–Crippen MR) is 176 cm³/mol. The van der Waals surface area contributed by atoms with E-state index in [1.54, 1.807) is 27.2 Å². The van der Waals surface area contributed by atoms with Gasteiger partial charge in [0.05, 0.1) is 20.3 Å². The molecule has 1 fully saturated rings. The van der Waals surface area contributed by atoms with Crippen LogP contribution in [0.25, 0.3) is 5.57 Å². The number of carbonyl (C=O) groups is 1. The molecule has 2 aliphatic rings. The Bertz CT molecular complexity index is 1480. The highest BCUT2D eigenvalue weighted by Crippen LogP contribution is 2.40. The summed E-state index contributed by atoms with van der Waals surface area (Å²) in [4.78, 5) is 17.5. The summed E-state index contributed by atoms with van der Waals surface area (Å²) in [6.07, 6.45) is -1.93. The monoisotopic (exact) mass is 639 g/mol. The summed E-state index contributed by atoms with van der Waals surface area (Å²) in [5, 5.41) is 3.45. The van der Waals surface area contributed by atoms with Crippen LogP contribution in [0.15, 0.2) is 67.2 Å². The number of hydrogen-bond donors (Lipinski definition) is 1. The van der Waals surface area contributed by atoms with Gasteiger partial charge >= 0.3 is 12.4 Å². The molecule has 1 saturated heterocycles. The summed E-state index contributed by atoms with van der Waals surface area (Å²) >= 11 is 0. The SMILES string of the molecule is C=C(c1ccccc1NCC)C1CCN(C(=O)N2CCc3cc(OC)cc(OC)c3C2C)CC1.Cc1cccc(OC(F)(F)F)c1. The first-order chi connectivity index (χ1) is 21.9. The van der Waals surface area contributed by atoms with E-state index in [1.807, 2.05) is 15.9 Å². The second kappa shape index (κ2) is 15.3. The topological polar surface area (TPSA) is 63.3 Å². The summed E-state index contributed by atoms with van der Waals surface area (Å²) in [6.45, 7) is 13.4. The number of para-hydroxylation sites is 1. The van der Waals surface area contributed by atoms with E-state index in [0.717, 1.165) is 67.2 Å². The second-order valence-electron chi connectivity index (χ2n) is 11.5. The van der Waals surface area contributed by atoms with Crippen LogP contribution >= 0.6 is 0 Å². The van der Waals surface area contributed by atoms with Crippen molar-refractivity contribution in [3.05, 3.63) is 89.5 Å². The number of nitrogens with zero attached hydrogens (tertiary/aromatic N) is 2. The minimum Gasteiger partial charge on any atom is -0.497 e. The van der Waals surface area contributed by atoms with Crippen molar-refractivity contribution in [3.8, 4) is 17.2 Å². The highest BCUT2D eigenvalue weighted by atomic mass is 19.4. The van der Waals surface area contributed by atoms with Crippen molar-refractivity contribution in [1.82, 2.24) is 9.80 Å². The fraction of sp³-hybridized carbons (Fsp3) is 0.417. The number of likely N-dealkylation sites (tertiary alicyclic amines) is 1. The minimum atomic E-state index is -4.60. The summed E-state index contributed by atoms with van der Waals surface area (Å²) in [6, 6.07) is 18.2. The van der Waals surface area contributed by atoms with Crippen molar-refractivity contribution >= 4 is 17.3 Å². The number of anilines is 1. The maximum Gasteiger partial charge on any atom is 0.573 e. The molecule has 1 atom stereocenters. The molecule has 7 nitrogen and oxygen atoms in total. The fourth-order valence-corrected chi connectivity index (χ4v) is 6.22. The first-order valence-electron chi connectivity index (χ1n) is 15.6. The maximum absolute atomic E-state index is 13.5. The van der Waals surface area contributed by atoms with E-state index in [4.69, 9.17) is 9.47 Å². The highest BCUT2D eigenvalue weighted by molar-refractivity contribution is 5.78. The molecule has 0 aliphatic carbocycles. The number of nitrogens with one attached hydrogen (secondary N) is 1. The molecule has 248 valence electrons. The van der Waals surface area contributed by atoms with Crippen LogP contribution in [-0.2, 0) is 6.42 Å². The number of benzene rings is 3. The lowest BCUT2D eigenvalue weighted by molar-refractivity contribution is -0.274. The Morgan fingerprint density at radius 3 is 2.33 bits per heavy atom. The number of fused-ring (bicyclic) bond motifs is 1. The largest absolute Gasteiger partial charge is 0.573 e. The van der Waals surface area contributed by atoms with E-state index < -0.39 is 6.36 Å². The van der Waals surface area contributed by atoms with E-state index in [-0.39, 0.29) is 17.8 Å². The Balaban J connectivity index is 0.000000337. The zero-order valence-corrected chi connectivity index (χ0v) is 27.2. The molecule has 0 spiro atoms. The third-order valence-electron chi connectivity index (χ3n) is 8.53. The molecule has 1 unspecified atom stereocenters. The first kappa shape index (κ1) is 34.5. The van der Waals surface area contributed by atoms with Gasteiger partial charge in [-0.05, 0) is 86.9 Å². The van der Waals surface area contributed by atoms with Crippen LogP contribution in [0.5, 0.6) is 17.2 Å². The van der Waals surface area contributed by atoms with E-state index in [2.05, 4.69) is 60.8 Å². The van der Waals surface area contributed by atoms with Crippen molar-refractivity contribution in [2.75, 3.05) is 45.7 Å². The lowest BCUT2D eigenvalue weighted by atomic mass is 9.85. The van der Waals surface area contributed by atoms with Gasteiger partial charge in [-0.15, -0.1) is 13.2 Å². The van der Waals surface area contributed by atoms with Gasteiger partial charge < -0.3 is 29.3 Å². The van der Waals surface area contributed by atoms with Crippen molar-refractivity contribution in [2.24, 2.45) is 5.92 Å². The van der Waals surface area contributed by atoms with Crippen LogP contribution in [0.3, 0.4) is 0 Å². The molecule has 0 saturated carbocycles. The molecule has 2 aliphatic heterocycles. The van der Waals surface area contributed by atoms with Gasteiger partial charge in [0.1, 0.15) is 17.2 Å². The second-order valence-corrected chi connectivity index (χ2v) is 11.5. The van der Waals surface area contributed by atoms with Crippen molar-refractivity contribution in [2.45, 2.75) is 52.4 Å². The van der Waals surface area contributed by atoms with Crippen LogP contribution in [0.2, 0.25) is 0 Å². The van der Waals surface area contributed by atoms with Crippen LogP contribution < -0.4 is 19.5 Å². The Hall–Kier alpha value is -4.34. The zero-order chi connectivity index (χ0) is 33.4. The molecular formula is C36H44F3N3O4. The smallest absolute Gasteiger partial charge is 0.497 e. The molecule has 5 rings (SSSR count). The maximum atomic E-state index is 13.5. The third-order valence-corrected chi connectivity index (χ3v) is 8.53. The molecule has 0 aromatic heterocycles. The normalized spacial score (nSPS) is 16.5. The van der Waals surface area contributed by atoms with Gasteiger partial charge in [0.2, 0.25) is 0 Å². The molecular weight excluding hydrogens is 595 g/mol. The molecule has 2 heterocycles. The molecule has 2 amide bonds. The van der Waals surface area contributed by atoms with Gasteiger partial charge in [0, 0.05) is 49.1 Å². The molecule has 1 N–H and O–H groups in total. The minimum absolute atomic E-state index is 0.0446. The zero-order valence-electron chi connectivity index (χ0n) is 27.2. The quantitative estimate of drug-likeness (QED) is 0.281. The molecule has 3 aromatic rings. The highest BCUT2D eigenvalue weighted by Gasteiger charge is 2.35. The van der Waals surface area contributed by atoms with Crippen molar-refractivity contribution in [1.29, 1.82) is 0 Å². The summed E-state index contributed by atoms with van der Waals surface area (Å²) in [5.74, 6) is 1.78. The Morgan fingerprint density at radius 1 is 0.978 bits per heavy atom. The average Bonchev–Trinajstić information content (AvgIpc) is 3.04. The number of rotatable bonds is 7. The van der Waals surface area contributed by atoms with Crippen LogP contribution in [0.1, 0.15) is 55.0 Å². The number of aryl methyl sites for hydroxylation is 1. The van der Waals surface area contributed by atoms with Crippen LogP contribution in [0.4, 0.5) is 23.7 Å². The number of carbonyl (C=O) groups excluding carboxylic acids is 1. The van der Waals surface area contributed by atoms with Gasteiger partial charge in [0.25, 0.3) is 0 Å². The van der Waals surface area contributed by atoms with E-state index in [0.29, 0.717) is 12.5 Å². The number of allylic oxidation sites excluding steroid dienone is 1.